The van der Waals surface area contributed by atoms with Gasteiger partial charge in [-0.15, -0.1) is 0 Å². The molecule has 0 unspecified atom stereocenters. The molecule has 1 aromatic carbocycles. The number of hydrogen-bond donors (Lipinski definition) is 0. The third-order valence-electron chi connectivity index (χ3n) is 3.69. The van der Waals surface area contributed by atoms with Crippen molar-refractivity contribution in [1.29, 1.82) is 5.26 Å². The maximum atomic E-state index is 14.2. The normalized spacial score (nSPS) is 26.4. The van der Waals surface area contributed by atoms with Crippen molar-refractivity contribution in [3.05, 3.63) is 29.8 Å². The van der Waals surface area contributed by atoms with Crippen molar-refractivity contribution in [3.63, 3.8) is 0 Å². The number of benzene rings is 1. The van der Waals surface area contributed by atoms with Crippen molar-refractivity contribution in [2.75, 3.05) is 16.4 Å². The molecular formula is C14H11F2N3O3S2. The van der Waals surface area contributed by atoms with Gasteiger partial charge in [-0.05, 0) is 12.1 Å². The summed E-state index contributed by atoms with van der Waals surface area (Å²) in [6.45, 7) is 0. The van der Waals surface area contributed by atoms with Crippen LogP contribution in [0.2, 0.25) is 0 Å². The van der Waals surface area contributed by atoms with Crippen LogP contribution in [0.5, 0.6) is 0 Å². The van der Waals surface area contributed by atoms with Crippen molar-refractivity contribution in [2.24, 2.45) is 4.99 Å². The Labute approximate surface area is 141 Å². The maximum absolute atomic E-state index is 14.2. The number of rotatable bonds is 2. The molecule has 0 aliphatic carbocycles. The molecule has 0 bridgehead atoms. The summed E-state index contributed by atoms with van der Waals surface area (Å²) in [4.78, 5) is 16.8. The van der Waals surface area contributed by atoms with E-state index in [1.165, 1.54) is 11.0 Å². The van der Waals surface area contributed by atoms with E-state index >= 15 is 0 Å². The third kappa shape index (κ3) is 3.14. The van der Waals surface area contributed by atoms with Gasteiger partial charge in [-0.2, -0.15) is 10.3 Å². The molecule has 24 heavy (non-hydrogen) atoms. The zero-order valence-corrected chi connectivity index (χ0v) is 13.8. The molecule has 0 N–H and O–H groups in total. The molecule has 1 amide bonds. The minimum Gasteiger partial charge on any atom is -0.313 e. The van der Waals surface area contributed by atoms with E-state index in [1.807, 2.05) is 0 Å². The fourth-order valence-electron chi connectivity index (χ4n) is 2.74. The Morgan fingerprint density at radius 2 is 2.17 bits per heavy atom. The molecule has 2 aliphatic rings. The number of sulfone groups is 1. The van der Waals surface area contributed by atoms with Gasteiger partial charge in [0, 0.05) is 11.3 Å². The fraction of sp³-hybridized carbons (Fsp3) is 0.357. The predicted molar refractivity (Wildman–Crippen MR) is 85.3 cm³/mol. The zero-order valence-electron chi connectivity index (χ0n) is 12.1. The molecule has 126 valence electrons. The second-order valence-electron chi connectivity index (χ2n) is 5.39. The molecule has 3 rings (SSSR count). The van der Waals surface area contributed by atoms with E-state index < -0.39 is 45.1 Å². The van der Waals surface area contributed by atoms with Crippen LogP contribution in [-0.4, -0.2) is 42.3 Å². The summed E-state index contributed by atoms with van der Waals surface area (Å²) in [6, 6.07) is 4.00. The van der Waals surface area contributed by atoms with Crippen LogP contribution in [0.15, 0.2) is 23.2 Å². The molecule has 0 aromatic heterocycles. The Hall–Kier alpha value is -1.99. The van der Waals surface area contributed by atoms with Crippen LogP contribution in [0.1, 0.15) is 6.42 Å². The average Bonchev–Trinajstić information content (AvgIpc) is 2.91. The number of aliphatic imine (C=N–C) groups is 1. The van der Waals surface area contributed by atoms with Crippen LogP contribution in [0, 0.1) is 23.0 Å². The van der Waals surface area contributed by atoms with Gasteiger partial charge >= 0.3 is 0 Å². The predicted octanol–water partition coefficient (Wildman–Crippen LogP) is 1.48. The van der Waals surface area contributed by atoms with Crippen molar-refractivity contribution in [2.45, 2.75) is 17.7 Å². The first-order chi connectivity index (χ1) is 11.3. The van der Waals surface area contributed by atoms with Crippen LogP contribution in [0.4, 0.5) is 14.5 Å². The quantitative estimate of drug-likeness (QED) is 0.782. The Morgan fingerprint density at radius 3 is 2.83 bits per heavy atom. The van der Waals surface area contributed by atoms with E-state index in [0.717, 1.165) is 17.8 Å². The van der Waals surface area contributed by atoms with Gasteiger partial charge in [0.15, 0.2) is 15.0 Å². The lowest BCUT2D eigenvalue weighted by molar-refractivity contribution is -0.116. The summed E-state index contributed by atoms with van der Waals surface area (Å²) < 4.78 is 51.0. The Morgan fingerprint density at radius 1 is 1.42 bits per heavy atom. The summed E-state index contributed by atoms with van der Waals surface area (Å²) in [5.74, 6) is -2.64. The first kappa shape index (κ1) is 16.9. The van der Waals surface area contributed by atoms with Gasteiger partial charge in [-0.25, -0.2) is 17.2 Å². The largest absolute Gasteiger partial charge is 0.313 e. The molecule has 0 radical (unpaired) electrons. The molecule has 0 saturated carbocycles. The van der Waals surface area contributed by atoms with Crippen LogP contribution in [0.3, 0.4) is 0 Å². The van der Waals surface area contributed by atoms with Crippen molar-refractivity contribution in [3.8, 4) is 6.07 Å². The Kier molecular flexibility index (Phi) is 4.31. The smallest absolute Gasteiger partial charge is 0.262 e. The summed E-state index contributed by atoms with van der Waals surface area (Å²) in [6.07, 6.45) is -0.433. The van der Waals surface area contributed by atoms with E-state index in [9.17, 15) is 22.0 Å². The van der Waals surface area contributed by atoms with E-state index in [1.54, 1.807) is 6.07 Å². The molecule has 2 aliphatic heterocycles. The molecule has 0 spiro atoms. The summed E-state index contributed by atoms with van der Waals surface area (Å²) >= 11 is 1.06. The number of amidine groups is 1. The zero-order chi connectivity index (χ0) is 17.5. The van der Waals surface area contributed by atoms with E-state index in [-0.39, 0.29) is 22.4 Å². The molecular weight excluding hydrogens is 360 g/mol. The summed E-state index contributed by atoms with van der Waals surface area (Å²) in [5, 5.41) is 8.29. The van der Waals surface area contributed by atoms with Crippen LogP contribution in [0.25, 0.3) is 0 Å². The molecule has 2 atom stereocenters. The highest BCUT2D eigenvalue weighted by Gasteiger charge is 2.50. The molecule has 6 nitrogen and oxygen atoms in total. The van der Waals surface area contributed by atoms with Crippen LogP contribution in [-0.2, 0) is 14.6 Å². The highest BCUT2D eigenvalue weighted by Crippen LogP contribution is 2.41. The molecule has 1 aromatic rings. The number of carbonyl (C=O) groups is 1. The Bertz CT molecular complexity index is 880. The number of carbonyl (C=O) groups excluding carboxylic acids is 1. The van der Waals surface area contributed by atoms with Crippen molar-refractivity contribution < 1.29 is 22.0 Å². The maximum Gasteiger partial charge on any atom is 0.262 e. The highest BCUT2D eigenvalue weighted by atomic mass is 32.2. The summed E-state index contributed by atoms with van der Waals surface area (Å²) in [5.41, 5.74) is -0.0444. The lowest BCUT2D eigenvalue weighted by Crippen LogP contribution is -2.38. The average molecular weight is 371 g/mol. The van der Waals surface area contributed by atoms with Gasteiger partial charge in [-0.3, -0.25) is 4.79 Å². The van der Waals surface area contributed by atoms with Crippen LogP contribution >= 0.6 is 11.8 Å². The minimum absolute atomic E-state index is 0.0444. The number of amides is 1. The van der Waals surface area contributed by atoms with Crippen molar-refractivity contribution >= 4 is 38.4 Å². The number of anilines is 1. The van der Waals surface area contributed by atoms with E-state index in [2.05, 4.69) is 4.99 Å². The van der Waals surface area contributed by atoms with E-state index in [0.29, 0.717) is 6.07 Å². The van der Waals surface area contributed by atoms with Gasteiger partial charge in [0.25, 0.3) is 5.91 Å². The second kappa shape index (κ2) is 6.14. The minimum atomic E-state index is -3.28. The number of fused-ring (bicyclic) bond motifs is 1. The summed E-state index contributed by atoms with van der Waals surface area (Å²) in [7, 11) is -3.28. The molecule has 2 fully saturated rings. The lowest BCUT2D eigenvalue weighted by atomic mass is 10.2. The van der Waals surface area contributed by atoms with Gasteiger partial charge in [0.2, 0.25) is 0 Å². The van der Waals surface area contributed by atoms with E-state index in [4.69, 9.17) is 5.26 Å². The fourth-order valence-corrected chi connectivity index (χ4v) is 6.66. The Balaban J connectivity index is 2.05. The first-order valence-electron chi connectivity index (χ1n) is 6.90. The lowest BCUT2D eigenvalue weighted by Gasteiger charge is -2.24. The van der Waals surface area contributed by atoms with Gasteiger partial charge in [0.05, 0.1) is 29.3 Å². The monoisotopic (exact) mass is 371 g/mol. The number of thioether (sulfide) groups is 1. The third-order valence-corrected chi connectivity index (χ3v) is 6.90. The molecule has 10 heteroatoms. The number of nitriles is 1. The highest BCUT2D eigenvalue weighted by molar-refractivity contribution is 8.16. The number of hydrogen-bond acceptors (Lipinski definition) is 5. The van der Waals surface area contributed by atoms with Gasteiger partial charge in [0.1, 0.15) is 18.1 Å². The number of nitrogens with zero attached hydrogens (tertiary/aromatic N) is 3. The second-order valence-corrected chi connectivity index (χ2v) is 8.75. The standard InChI is InChI=1S/C14H11F2N3O3S2/c15-8-1-2-10(9(16)5-8)19-11-6-24(21,22)7-12(11)23-14(19)18-13(20)3-4-17/h1-2,5,11-12H,3,6-7H2/t11-,12+/m1/s1. The topological polar surface area (TPSA) is 90.6 Å². The van der Waals surface area contributed by atoms with Crippen molar-refractivity contribution in [1.82, 2.24) is 0 Å². The molecule has 2 heterocycles. The van der Waals surface area contributed by atoms with Gasteiger partial charge in [-0.1, -0.05) is 11.8 Å². The molecule has 2 saturated heterocycles. The van der Waals surface area contributed by atoms with Gasteiger partial charge < -0.3 is 4.90 Å². The number of halogens is 2. The van der Waals surface area contributed by atoms with Crippen LogP contribution < -0.4 is 4.90 Å². The SMILES string of the molecule is N#CCC(=O)N=C1S[C@H]2CS(=O)(=O)C[C@H]2N1c1ccc(F)cc1F. The first-order valence-corrected chi connectivity index (χ1v) is 9.60.